The molecule has 0 saturated carbocycles. The third kappa shape index (κ3) is 5.21. The van der Waals surface area contributed by atoms with E-state index in [1.165, 1.54) is 13.8 Å². The third-order valence-electron chi connectivity index (χ3n) is 0.959. The van der Waals surface area contributed by atoms with Crippen molar-refractivity contribution in [3.05, 3.63) is 0 Å². The molecular weight excluding hydrogens is 210 g/mol. The molecule has 11 heavy (non-hydrogen) atoms. The van der Waals surface area contributed by atoms with E-state index in [9.17, 15) is 9.90 Å². The van der Waals surface area contributed by atoms with Crippen molar-refractivity contribution in [1.82, 2.24) is 5.32 Å². The molecule has 0 aromatic heterocycles. The van der Waals surface area contributed by atoms with Crippen LogP contribution in [-0.2, 0) is 4.79 Å². The molecule has 0 spiro atoms. The van der Waals surface area contributed by atoms with Gasteiger partial charge in [0.1, 0.15) is 5.72 Å². The minimum absolute atomic E-state index is 0.231. The largest absolute Gasteiger partial charge is 0.372 e. The van der Waals surface area contributed by atoms with Gasteiger partial charge in [-0.05, 0) is 27.7 Å². The zero-order valence-electron chi connectivity index (χ0n) is 7.23. The maximum atomic E-state index is 11.2. The van der Waals surface area contributed by atoms with Gasteiger partial charge in [-0.3, -0.25) is 4.79 Å². The molecule has 0 fully saturated rings. The second-order valence-corrected chi connectivity index (χ2v) is 5.47. The summed E-state index contributed by atoms with van der Waals surface area (Å²) in [7, 11) is 0. The molecule has 0 saturated heterocycles. The van der Waals surface area contributed by atoms with Crippen LogP contribution >= 0.6 is 15.9 Å². The maximum absolute atomic E-state index is 11.2. The van der Waals surface area contributed by atoms with Crippen LogP contribution in [-0.4, -0.2) is 21.1 Å². The predicted octanol–water partition coefficient (Wildman–Crippen LogP) is 1.00. The molecule has 0 aliphatic carbocycles. The summed E-state index contributed by atoms with van der Waals surface area (Å²) < 4.78 is -0.632. The Bertz CT molecular complexity index is 155. The lowest BCUT2D eigenvalue weighted by Crippen LogP contribution is -2.49. The minimum Gasteiger partial charge on any atom is -0.372 e. The first kappa shape index (κ1) is 10.9. The van der Waals surface area contributed by atoms with Crippen LogP contribution in [0.25, 0.3) is 0 Å². The fourth-order valence-corrected chi connectivity index (χ4v) is 0.526. The third-order valence-corrected chi connectivity index (χ3v) is 1.32. The summed E-state index contributed by atoms with van der Waals surface area (Å²) in [6.45, 7) is 6.47. The highest BCUT2D eigenvalue weighted by atomic mass is 79.9. The van der Waals surface area contributed by atoms with Gasteiger partial charge in [0.25, 0.3) is 0 Å². The van der Waals surface area contributed by atoms with E-state index < -0.39 is 10.0 Å². The first-order valence-corrected chi connectivity index (χ1v) is 4.16. The van der Waals surface area contributed by atoms with E-state index >= 15 is 0 Å². The Kier molecular flexibility index (Phi) is 3.08. The van der Waals surface area contributed by atoms with Crippen LogP contribution in [0.4, 0.5) is 0 Å². The first-order valence-electron chi connectivity index (χ1n) is 3.37. The van der Waals surface area contributed by atoms with Gasteiger partial charge in [-0.1, -0.05) is 15.9 Å². The summed E-state index contributed by atoms with van der Waals surface area (Å²) in [6.07, 6.45) is 0. The summed E-state index contributed by atoms with van der Waals surface area (Å²) in [5, 5.41) is 11.6. The van der Waals surface area contributed by atoms with Gasteiger partial charge in [0.05, 0.1) is 4.32 Å². The number of carbonyl (C=O) groups is 1. The van der Waals surface area contributed by atoms with E-state index in [2.05, 4.69) is 21.2 Å². The highest BCUT2D eigenvalue weighted by molar-refractivity contribution is 9.10. The van der Waals surface area contributed by atoms with Crippen LogP contribution in [0, 0.1) is 0 Å². The lowest BCUT2D eigenvalue weighted by molar-refractivity contribution is -0.128. The molecule has 4 heteroatoms. The number of carbonyl (C=O) groups excluding carboxylic acids is 1. The molecule has 0 atom stereocenters. The van der Waals surface area contributed by atoms with Crippen LogP contribution in [0.5, 0.6) is 0 Å². The lowest BCUT2D eigenvalue weighted by atomic mass is 10.2. The molecule has 0 radical (unpaired) electrons. The molecule has 2 N–H and O–H groups in total. The Morgan fingerprint density at radius 3 is 1.82 bits per heavy atom. The Labute approximate surface area is 75.3 Å². The first-order chi connectivity index (χ1) is 4.63. The number of halogens is 1. The normalized spacial score (nSPS) is 12.9. The average Bonchev–Trinajstić information content (AvgIpc) is 1.56. The van der Waals surface area contributed by atoms with Crippen molar-refractivity contribution >= 4 is 21.8 Å². The van der Waals surface area contributed by atoms with Gasteiger partial charge in [-0.2, -0.15) is 0 Å². The van der Waals surface area contributed by atoms with E-state index in [0.717, 1.165) is 0 Å². The number of hydrogen-bond donors (Lipinski definition) is 2. The van der Waals surface area contributed by atoms with Gasteiger partial charge in [0.15, 0.2) is 0 Å². The second kappa shape index (κ2) is 3.11. The smallest absolute Gasteiger partial charge is 0.238 e. The molecule has 1 amide bonds. The van der Waals surface area contributed by atoms with Gasteiger partial charge < -0.3 is 10.4 Å². The van der Waals surface area contributed by atoms with Crippen molar-refractivity contribution in [2.45, 2.75) is 37.7 Å². The maximum Gasteiger partial charge on any atom is 0.238 e. The van der Waals surface area contributed by atoms with Crippen molar-refractivity contribution in [3.8, 4) is 0 Å². The summed E-state index contributed by atoms with van der Waals surface area (Å²) >= 11 is 3.17. The monoisotopic (exact) mass is 223 g/mol. The summed E-state index contributed by atoms with van der Waals surface area (Å²) in [5.41, 5.74) is -1.15. The van der Waals surface area contributed by atoms with E-state index in [-0.39, 0.29) is 5.91 Å². The molecule has 0 bridgehead atoms. The molecular formula is C7H14BrNO2. The highest BCUT2D eigenvalue weighted by Crippen LogP contribution is 2.16. The minimum atomic E-state index is -1.15. The van der Waals surface area contributed by atoms with Gasteiger partial charge in [0.2, 0.25) is 5.91 Å². The molecule has 3 nitrogen and oxygen atoms in total. The van der Waals surface area contributed by atoms with Crippen molar-refractivity contribution in [2.24, 2.45) is 0 Å². The van der Waals surface area contributed by atoms with Crippen LogP contribution in [0.2, 0.25) is 0 Å². The predicted molar refractivity (Wildman–Crippen MR) is 47.4 cm³/mol. The van der Waals surface area contributed by atoms with Gasteiger partial charge in [-0.25, -0.2) is 0 Å². The number of rotatable bonds is 2. The standard InChI is InChI=1S/C7H14BrNO2/c1-6(2,8)5(10)9-7(3,4)11/h11H,1-4H3,(H,9,10). The zero-order chi connectivity index (χ0) is 9.28. The number of alkyl halides is 1. The zero-order valence-corrected chi connectivity index (χ0v) is 8.82. The fraction of sp³-hybridized carbons (Fsp3) is 0.857. The van der Waals surface area contributed by atoms with Crippen molar-refractivity contribution in [1.29, 1.82) is 0 Å². The Balaban J connectivity index is 4.11. The van der Waals surface area contributed by atoms with Crippen LogP contribution in [0.15, 0.2) is 0 Å². The van der Waals surface area contributed by atoms with Gasteiger partial charge in [-0.15, -0.1) is 0 Å². The summed E-state index contributed by atoms with van der Waals surface area (Å²) in [6, 6.07) is 0. The molecule has 0 heterocycles. The molecule has 0 aliphatic heterocycles. The van der Waals surface area contributed by atoms with Crippen LogP contribution in [0.3, 0.4) is 0 Å². The van der Waals surface area contributed by atoms with Crippen LogP contribution in [0.1, 0.15) is 27.7 Å². The summed E-state index contributed by atoms with van der Waals surface area (Å²) in [5.74, 6) is -0.231. The second-order valence-electron chi connectivity index (χ2n) is 3.49. The van der Waals surface area contributed by atoms with Crippen molar-refractivity contribution in [3.63, 3.8) is 0 Å². The molecule has 0 rings (SSSR count). The Morgan fingerprint density at radius 2 is 1.73 bits per heavy atom. The van der Waals surface area contributed by atoms with E-state index in [1.807, 2.05) is 0 Å². The fourth-order valence-electron chi connectivity index (χ4n) is 0.426. The molecule has 66 valence electrons. The highest BCUT2D eigenvalue weighted by Gasteiger charge is 2.27. The topological polar surface area (TPSA) is 49.3 Å². The Morgan fingerprint density at radius 1 is 1.36 bits per heavy atom. The average molecular weight is 224 g/mol. The number of nitrogens with one attached hydrogen (secondary N) is 1. The summed E-state index contributed by atoms with van der Waals surface area (Å²) in [4.78, 5) is 11.2. The molecule has 0 aromatic carbocycles. The lowest BCUT2D eigenvalue weighted by Gasteiger charge is -2.24. The van der Waals surface area contributed by atoms with E-state index in [0.29, 0.717) is 0 Å². The molecule has 0 unspecified atom stereocenters. The molecule has 0 aromatic rings. The van der Waals surface area contributed by atoms with Gasteiger partial charge >= 0.3 is 0 Å². The quantitative estimate of drug-likeness (QED) is 0.543. The van der Waals surface area contributed by atoms with E-state index in [4.69, 9.17) is 0 Å². The number of amides is 1. The molecule has 0 aliphatic rings. The van der Waals surface area contributed by atoms with E-state index in [1.54, 1.807) is 13.8 Å². The van der Waals surface area contributed by atoms with Crippen molar-refractivity contribution < 1.29 is 9.90 Å². The SMILES string of the molecule is CC(C)(O)NC(=O)C(C)(C)Br. The van der Waals surface area contributed by atoms with Gasteiger partial charge in [0, 0.05) is 0 Å². The number of hydrogen-bond acceptors (Lipinski definition) is 2. The Hall–Kier alpha value is -0.0900. The van der Waals surface area contributed by atoms with Crippen molar-refractivity contribution in [2.75, 3.05) is 0 Å². The number of aliphatic hydroxyl groups is 1. The van der Waals surface area contributed by atoms with Crippen LogP contribution < -0.4 is 5.32 Å².